The van der Waals surface area contributed by atoms with E-state index in [-0.39, 0.29) is 75.5 Å². The maximum atomic E-state index is 14.4. The van der Waals surface area contributed by atoms with Crippen LogP contribution in [0, 0.1) is 11.8 Å². The third-order valence-corrected chi connectivity index (χ3v) is 17.4. The molecule has 0 aliphatic rings. The van der Waals surface area contributed by atoms with Gasteiger partial charge in [-0.2, -0.15) is 11.8 Å². The van der Waals surface area contributed by atoms with Gasteiger partial charge in [-0.15, -0.1) is 0 Å². The van der Waals surface area contributed by atoms with Crippen LogP contribution in [-0.2, 0) is 89.6 Å². The Kier molecular flexibility index (Phi) is 37.9. The number of hydrogen-bond acceptors (Lipinski definition) is 22. The van der Waals surface area contributed by atoms with Crippen molar-refractivity contribution in [3.05, 3.63) is 84.1 Å². The van der Waals surface area contributed by atoms with Gasteiger partial charge in [0.25, 0.3) is 5.91 Å². The van der Waals surface area contributed by atoms with Crippen LogP contribution < -0.4 is 64.6 Å². The normalized spacial score (nSPS) is 13.4. The number of primary amides is 2. The lowest BCUT2D eigenvalue weighted by Crippen LogP contribution is -2.59. The van der Waals surface area contributed by atoms with Crippen molar-refractivity contribution in [3.63, 3.8) is 0 Å². The first kappa shape index (κ1) is 90.8. The molecule has 0 saturated heterocycles. The Bertz CT molecular complexity index is 3800. The Labute approximate surface area is 635 Å². The summed E-state index contributed by atoms with van der Waals surface area (Å²) in [6, 6.07) is 1.23. The van der Waals surface area contributed by atoms with Crippen LogP contribution in [-0.4, -0.2) is 282 Å². The smallest absolute Gasteiger partial charge is 0.320 e. The van der Waals surface area contributed by atoms with Gasteiger partial charge in [0, 0.05) is 92.1 Å². The van der Waals surface area contributed by atoms with Crippen LogP contribution in [0.25, 0.3) is 10.9 Å². The van der Waals surface area contributed by atoms with Gasteiger partial charge in [0.05, 0.1) is 45.6 Å². The summed E-state index contributed by atoms with van der Waals surface area (Å²) in [5, 5.41) is 73.7. The number of rotatable bonds is 52. The number of carbonyl (C=O) groups excluding carboxylic acids is 12. The number of hydrogen-bond donors (Lipinski definition) is 19. The van der Waals surface area contributed by atoms with Crippen LogP contribution in [0.2, 0.25) is 0 Å². The van der Waals surface area contributed by atoms with E-state index in [9.17, 15) is 107 Å². The summed E-state index contributed by atoms with van der Waals surface area (Å²) in [6.45, 7) is 2.39. The first-order valence-corrected chi connectivity index (χ1v) is 36.3. The number of aromatic nitrogens is 3. The van der Waals surface area contributed by atoms with E-state index in [1.54, 1.807) is 44.3 Å². The van der Waals surface area contributed by atoms with Crippen molar-refractivity contribution in [1.29, 1.82) is 0 Å². The van der Waals surface area contributed by atoms with Crippen molar-refractivity contribution in [3.8, 4) is 0 Å². The van der Waals surface area contributed by atoms with E-state index >= 15 is 0 Å². The van der Waals surface area contributed by atoms with E-state index in [1.165, 1.54) is 60.4 Å². The standard InChI is InChI=1S/C69H98N18O22S/c1-37(2)25-48(66(105)80-46(61(71)100)19-24-110-6)82-67(106)50(27-43-29-72-36-76-43)79-55(91)31-75-68(107)60(38(3)4)84-62(101)39(5)77-65(104)49(26-41-28-73-45-10-8-7-9-44(41)45)83-64(103)47(15-17-52(70)88)81-63(102)40-11-13-42(14-12-40)78-54(90)30-74-53(89)18-16-51(69(108)109)87(22-20-85(32-56(92)93)33-57(94)95)23-21-86(34-58(96)97)35-59(98)99/h7-14,28-29,36-39,46-51,60,73H,15-27,30-35H2,1-6H3,(H2,70,88)(H2,71,100)(H,72,76)(H,74,89)(H,75,107)(H,77,104)(H,78,90)(H,79,91)(H,80,105)(H,81,102)(H,82,106)(H,83,103)(H,84,101)(H,92,93)(H,94,95)(H,96,97)(H,98,99)(H,108,109)/t39-,46-,47-,48-,49-,50-,51+,60-/m0/s1. The minimum Gasteiger partial charge on any atom is -0.480 e. The second kappa shape index (κ2) is 45.9. The third kappa shape index (κ3) is 32.9. The number of carbonyl (C=O) groups is 17. The molecule has 602 valence electrons. The molecule has 0 spiro atoms. The number of imidazole rings is 1. The summed E-state index contributed by atoms with van der Waals surface area (Å²) in [5.41, 5.74) is 12.7. The summed E-state index contributed by atoms with van der Waals surface area (Å²) >= 11 is 1.44. The number of aromatic amines is 2. The van der Waals surface area contributed by atoms with Gasteiger partial charge in [-0.3, -0.25) is 96.2 Å². The van der Waals surface area contributed by atoms with E-state index in [0.29, 0.717) is 27.9 Å². The first-order chi connectivity index (χ1) is 51.9. The number of carboxylic acid groups (broad SMARTS) is 5. The van der Waals surface area contributed by atoms with Gasteiger partial charge in [0.2, 0.25) is 65.0 Å². The van der Waals surface area contributed by atoms with Crippen LogP contribution >= 0.6 is 11.8 Å². The zero-order valence-electron chi connectivity index (χ0n) is 61.6. The van der Waals surface area contributed by atoms with Crippen LogP contribution in [0.5, 0.6) is 0 Å². The number of fused-ring (bicyclic) bond motifs is 1. The Morgan fingerprint density at radius 3 is 1.64 bits per heavy atom. The number of anilines is 1. The van der Waals surface area contributed by atoms with Gasteiger partial charge in [-0.1, -0.05) is 45.9 Å². The Hall–Kier alpha value is -11.6. The van der Waals surface area contributed by atoms with Crippen molar-refractivity contribution < 1.29 is 107 Å². The van der Waals surface area contributed by atoms with Gasteiger partial charge in [-0.25, -0.2) is 4.98 Å². The maximum absolute atomic E-state index is 14.4. The molecule has 0 unspecified atom stereocenters. The van der Waals surface area contributed by atoms with Crippen LogP contribution in [0.1, 0.15) is 94.8 Å². The number of amides is 12. The zero-order valence-corrected chi connectivity index (χ0v) is 62.4. The lowest BCUT2D eigenvalue weighted by Gasteiger charge is -2.32. The molecule has 2 heterocycles. The summed E-state index contributed by atoms with van der Waals surface area (Å²) < 4.78 is 0. The molecule has 0 fully saturated rings. The number of carboxylic acids is 5. The minimum atomic E-state index is -1.55. The molecule has 4 rings (SSSR count). The van der Waals surface area contributed by atoms with Crippen molar-refractivity contribution in [1.82, 2.24) is 77.5 Å². The van der Waals surface area contributed by atoms with E-state index < -0.39 is 214 Å². The predicted molar refractivity (Wildman–Crippen MR) is 394 cm³/mol. The van der Waals surface area contributed by atoms with Gasteiger partial charge >= 0.3 is 29.8 Å². The molecule has 2 aromatic heterocycles. The van der Waals surface area contributed by atoms with E-state index in [1.807, 2.05) is 20.1 Å². The number of nitrogens with zero attached hydrogens (tertiary/aromatic N) is 4. The summed E-state index contributed by atoms with van der Waals surface area (Å²) in [6.07, 6.45) is 4.41. The fraction of sp³-hybridized carbons (Fsp3) is 0.507. The highest BCUT2D eigenvalue weighted by Crippen LogP contribution is 2.21. The molecule has 2 aromatic carbocycles. The number of para-hydroxylation sites is 1. The number of nitrogens with one attached hydrogen (secondary N) is 12. The van der Waals surface area contributed by atoms with E-state index in [0.717, 1.165) is 9.80 Å². The molecule has 4 aromatic rings. The van der Waals surface area contributed by atoms with Gasteiger partial charge < -0.3 is 100 Å². The average molecular weight is 1560 g/mol. The number of aliphatic carboxylic acids is 5. The summed E-state index contributed by atoms with van der Waals surface area (Å²) in [5.74, 6) is -17.4. The van der Waals surface area contributed by atoms with Crippen molar-refractivity contribution in [2.75, 3.05) is 82.8 Å². The SMILES string of the molecule is CSCC[C@H](NC(=O)[C@H](CC(C)C)NC(=O)[C@H](Cc1cnc[nH]1)NC(=O)CNC(=O)[C@@H](NC(=O)[C@H](C)NC(=O)[C@H](Cc1c[nH]c2ccccc12)NC(=O)[C@H](CCC(N)=O)NC(=O)c1ccc(NC(=O)CNC(=O)CC[C@H](C(=O)O)N(CCN(CC(=O)O)CC(=O)O)CCN(CC(=O)O)CC(=O)O)cc1)C(C)C)C(N)=O. The molecule has 0 bridgehead atoms. The molecule has 41 heteroatoms. The third-order valence-electron chi connectivity index (χ3n) is 16.8. The topological polar surface area (TPSA) is 618 Å². The number of nitrogens with two attached hydrogens (primary N) is 2. The monoisotopic (exact) mass is 1560 g/mol. The van der Waals surface area contributed by atoms with Crippen LogP contribution in [0.15, 0.2) is 67.3 Å². The molecule has 0 saturated carbocycles. The van der Waals surface area contributed by atoms with E-state index in [2.05, 4.69) is 68.1 Å². The molecule has 12 amide bonds. The first-order valence-electron chi connectivity index (χ1n) is 34.9. The van der Waals surface area contributed by atoms with Crippen LogP contribution in [0.3, 0.4) is 0 Å². The molecular weight excluding hydrogens is 1460 g/mol. The Balaban J connectivity index is 1.44. The lowest BCUT2D eigenvalue weighted by atomic mass is 10.0. The van der Waals surface area contributed by atoms with Crippen molar-refractivity contribution >= 4 is 129 Å². The van der Waals surface area contributed by atoms with Crippen molar-refractivity contribution in [2.45, 2.75) is 134 Å². The largest absolute Gasteiger partial charge is 0.480 e. The molecule has 0 aliphatic carbocycles. The van der Waals surface area contributed by atoms with Crippen molar-refractivity contribution in [2.24, 2.45) is 23.3 Å². The number of thioether (sulfide) groups is 1. The average Bonchev–Trinajstić information content (AvgIpc) is 1.61. The Morgan fingerprint density at radius 2 is 1.09 bits per heavy atom. The summed E-state index contributed by atoms with van der Waals surface area (Å²) in [4.78, 5) is 234. The number of H-pyrrole nitrogens is 2. The fourth-order valence-electron chi connectivity index (χ4n) is 11.2. The predicted octanol–water partition coefficient (Wildman–Crippen LogP) is -3.74. The van der Waals surface area contributed by atoms with Crippen LogP contribution in [0.4, 0.5) is 5.69 Å². The molecule has 110 heavy (non-hydrogen) atoms. The zero-order chi connectivity index (χ0) is 81.9. The van der Waals surface area contributed by atoms with Gasteiger partial charge in [0.15, 0.2) is 0 Å². The summed E-state index contributed by atoms with van der Waals surface area (Å²) in [7, 11) is 0. The second-order valence-corrected chi connectivity index (χ2v) is 27.5. The highest BCUT2D eigenvalue weighted by molar-refractivity contribution is 7.98. The minimum absolute atomic E-state index is 0.0856. The molecule has 0 radical (unpaired) electrons. The maximum Gasteiger partial charge on any atom is 0.320 e. The lowest BCUT2D eigenvalue weighted by molar-refractivity contribution is -0.146. The molecule has 8 atom stereocenters. The van der Waals surface area contributed by atoms with Gasteiger partial charge in [-0.05, 0) is 92.3 Å². The highest BCUT2D eigenvalue weighted by atomic mass is 32.2. The van der Waals surface area contributed by atoms with E-state index in [4.69, 9.17) is 11.5 Å². The van der Waals surface area contributed by atoms with Gasteiger partial charge in [0.1, 0.15) is 48.3 Å². The molecule has 21 N–H and O–H groups in total. The molecule has 0 aliphatic heterocycles. The fourth-order valence-corrected chi connectivity index (χ4v) is 11.6. The Morgan fingerprint density at radius 1 is 0.536 bits per heavy atom. The molecular formula is C69H98N18O22S. The highest BCUT2D eigenvalue weighted by Gasteiger charge is 2.35. The second-order valence-electron chi connectivity index (χ2n) is 26.5. The molecule has 40 nitrogen and oxygen atoms in total. The number of benzene rings is 2. The quantitative estimate of drug-likeness (QED) is 0.0202.